The number of carbonyl (C=O) groups is 1. The van der Waals surface area contributed by atoms with Crippen LogP contribution in [0.3, 0.4) is 0 Å². The highest BCUT2D eigenvalue weighted by molar-refractivity contribution is 7.00. The predicted molar refractivity (Wildman–Crippen MR) is 107 cm³/mol. The molecule has 2 aromatic carbocycles. The van der Waals surface area contributed by atoms with E-state index in [-0.39, 0.29) is 11.9 Å². The van der Waals surface area contributed by atoms with E-state index in [1.54, 1.807) is 0 Å². The average molecular weight is 382 g/mol. The normalized spacial score (nSPS) is 17.3. The number of fused-ring (bicyclic) bond motifs is 1. The van der Waals surface area contributed by atoms with E-state index in [2.05, 4.69) is 31.1 Å². The number of rotatable bonds is 6. The van der Waals surface area contributed by atoms with Crippen LogP contribution in [-0.2, 0) is 4.79 Å². The number of aromatic nitrogens is 2. The number of benzene rings is 2. The van der Waals surface area contributed by atoms with Gasteiger partial charge in [0.2, 0.25) is 5.91 Å². The molecule has 0 saturated carbocycles. The van der Waals surface area contributed by atoms with Crippen LogP contribution in [0.4, 0.5) is 5.69 Å². The van der Waals surface area contributed by atoms with Gasteiger partial charge in [0.1, 0.15) is 16.8 Å². The minimum absolute atomic E-state index is 0.0201. The molecule has 1 unspecified atom stereocenters. The van der Waals surface area contributed by atoms with Crippen LogP contribution in [-0.4, -0.2) is 39.3 Å². The van der Waals surface area contributed by atoms with Crippen LogP contribution in [0, 0.1) is 0 Å². The molecule has 27 heavy (non-hydrogen) atoms. The smallest absolute Gasteiger partial charge is 0.238 e. The van der Waals surface area contributed by atoms with Crippen molar-refractivity contribution in [3.63, 3.8) is 0 Å². The first kappa shape index (κ1) is 17.9. The molecule has 3 aromatic rings. The van der Waals surface area contributed by atoms with Gasteiger partial charge in [-0.1, -0.05) is 18.2 Å². The lowest BCUT2D eigenvalue weighted by Gasteiger charge is -2.24. The van der Waals surface area contributed by atoms with Crippen molar-refractivity contribution < 1.29 is 9.53 Å². The average Bonchev–Trinajstić information content (AvgIpc) is 3.32. The second-order valence-corrected chi connectivity index (χ2v) is 7.14. The number of hydrogen-bond acceptors (Lipinski definition) is 6. The maximum absolute atomic E-state index is 12.6. The zero-order valence-electron chi connectivity index (χ0n) is 15.2. The molecule has 140 valence electrons. The van der Waals surface area contributed by atoms with Gasteiger partial charge in [0, 0.05) is 6.04 Å². The molecular formula is C20H22N4O2S. The Morgan fingerprint density at radius 2 is 2.11 bits per heavy atom. The Bertz CT molecular complexity index is 925. The Balaban J connectivity index is 1.43. The highest BCUT2D eigenvalue weighted by Gasteiger charge is 2.27. The highest BCUT2D eigenvalue weighted by Crippen LogP contribution is 2.32. The van der Waals surface area contributed by atoms with Crippen LogP contribution < -0.4 is 10.1 Å². The van der Waals surface area contributed by atoms with Crippen LogP contribution in [0.5, 0.6) is 5.75 Å². The number of ether oxygens (including phenoxy) is 1. The molecule has 6 nitrogen and oxygen atoms in total. The molecule has 1 N–H and O–H groups in total. The molecule has 7 heteroatoms. The lowest BCUT2D eigenvalue weighted by Crippen LogP contribution is -2.33. The minimum Gasteiger partial charge on any atom is -0.494 e. The monoisotopic (exact) mass is 382 g/mol. The fourth-order valence-electron chi connectivity index (χ4n) is 3.63. The Hall–Kier alpha value is -2.51. The van der Waals surface area contributed by atoms with Gasteiger partial charge in [-0.05, 0) is 56.1 Å². The van der Waals surface area contributed by atoms with E-state index in [1.165, 1.54) is 5.56 Å². The van der Waals surface area contributed by atoms with Gasteiger partial charge in [-0.2, -0.15) is 8.75 Å². The molecule has 1 aromatic heterocycles. The van der Waals surface area contributed by atoms with Crippen molar-refractivity contribution in [2.45, 2.75) is 25.8 Å². The molecule has 0 radical (unpaired) electrons. The van der Waals surface area contributed by atoms with Gasteiger partial charge in [-0.15, -0.1) is 0 Å². The number of amides is 1. The SMILES string of the molecule is CCOc1ccc(C2CCCN2CC(=O)Nc2cccc3nsnc23)cc1. The van der Waals surface area contributed by atoms with Crippen LogP contribution >= 0.6 is 11.7 Å². The van der Waals surface area contributed by atoms with Crippen molar-refractivity contribution >= 4 is 34.4 Å². The van der Waals surface area contributed by atoms with E-state index in [0.717, 1.165) is 53.6 Å². The van der Waals surface area contributed by atoms with Crippen molar-refractivity contribution in [1.29, 1.82) is 0 Å². The lowest BCUT2D eigenvalue weighted by molar-refractivity contribution is -0.117. The summed E-state index contributed by atoms with van der Waals surface area (Å²) < 4.78 is 14.0. The molecule has 4 rings (SSSR count). The third-order valence-electron chi connectivity index (χ3n) is 4.85. The van der Waals surface area contributed by atoms with Gasteiger partial charge in [0.15, 0.2) is 0 Å². The largest absolute Gasteiger partial charge is 0.494 e. The molecule has 2 heterocycles. The fraction of sp³-hybridized carbons (Fsp3) is 0.350. The van der Waals surface area contributed by atoms with E-state index in [0.29, 0.717) is 13.2 Å². The molecule has 1 aliphatic heterocycles. The van der Waals surface area contributed by atoms with Crippen molar-refractivity contribution in [3.8, 4) is 5.75 Å². The first-order valence-electron chi connectivity index (χ1n) is 9.22. The number of carbonyl (C=O) groups excluding carboxylic acids is 1. The van der Waals surface area contributed by atoms with Crippen molar-refractivity contribution in [2.75, 3.05) is 25.0 Å². The number of hydrogen-bond donors (Lipinski definition) is 1. The molecule has 1 fully saturated rings. The quantitative estimate of drug-likeness (QED) is 0.701. The second kappa shape index (κ2) is 8.02. The summed E-state index contributed by atoms with van der Waals surface area (Å²) in [5.41, 5.74) is 3.52. The summed E-state index contributed by atoms with van der Waals surface area (Å²) >= 11 is 1.16. The molecule has 1 saturated heterocycles. The summed E-state index contributed by atoms with van der Waals surface area (Å²) in [6, 6.07) is 14.1. The van der Waals surface area contributed by atoms with E-state index in [1.807, 2.05) is 37.3 Å². The molecule has 1 amide bonds. The van der Waals surface area contributed by atoms with Gasteiger partial charge in [-0.3, -0.25) is 9.69 Å². The van der Waals surface area contributed by atoms with E-state index < -0.39 is 0 Å². The number of anilines is 1. The minimum atomic E-state index is -0.0201. The van der Waals surface area contributed by atoms with Gasteiger partial charge in [0.25, 0.3) is 0 Å². The Kier molecular flexibility index (Phi) is 5.31. The third kappa shape index (κ3) is 3.94. The van der Waals surface area contributed by atoms with E-state index >= 15 is 0 Å². The van der Waals surface area contributed by atoms with E-state index in [9.17, 15) is 4.79 Å². The van der Waals surface area contributed by atoms with Crippen LogP contribution in [0.25, 0.3) is 11.0 Å². The van der Waals surface area contributed by atoms with E-state index in [4.69, 9.17) is 4.74 Å². The lowest BCUT2D eigenvalue weighted by atomic mass is 10.0. The predicted octanol–water partition coefficient (Wildman–Crippen LogP) is 3.87. The van der Waals surface area contributed by atoms with Crippen LogP contribution in [0.15, 0.2) is 42.5 Å². The molecule has 0 bridgehead atoms. The van der Waals surface area contributed by atoms with Gasteiger partial charge < -0.3 is 10.1 Å². The summed E-state index contributed by atoms with van der Waals surface area (Å²) in [5.74, 6) is 0.863. The number of likely N-dealkylation sites (tertiary alicyclic amines) is 1. The summed E-state index contributed by atoms with van der Waals surface area (Å²) in [5, 5.41) is 3.00. The third-order valence-corrected chi connectivity index (χ3v) is 5.39. The van der Waals surface area contributed by atoms with Crippen LogP contribution in [0.2, 0.25) is 0 Å². The molecule has 1 aliphatic rings. The standard InChI is InChI=1S/C20H22N4O2S/c1-2-26-15-10-8-14(9-11-15)18-7-4-12-24(18)13-19(25)21-16-5-3-6-17-20(16)23-27-22-17/h3,5-6,8-11,18H,2,4,7,12-13H2,1H3,(H,21,25). The number of nitrogens with one attached hydrogen (secondary N) is 1. The molecular weight excluding hydrogens is 360 g/mol. The van der Waals surface area contributed by atoms with Crippen LogP contribution in [0.1, 0.15) is 31.4 Å². The number of nitrogens with zero attached hydrogens (tertiary/aromatic N) is 3. The summed E-state index contributed by atoms with van der Waals surface area (Å²) in [4.78, 5) is 14.9. The maximum atomic E-state index is 12.6. The van der Waals surface area contributed by atoms with Crippen molar-refractivity contribution in [1.82, 2.24) is 13.6 Å². The summed E-state index contributed by atoms with van der Waals surface area (Å²) in [6.45, 7) is 3.93. The highest BCUT2D eigenvalue weighted by atomic mass is 32.1. The molecule has 0 spiro atoms. The summed E-state index contributed by atoms with van der Waals surface area (Å²) in [7, 11) is 0. The topological polar surface area (TPSA) is 67.3 Å². The fourth-order valence-corrected chi connectivity index (χ4v) is 4.18. The molecule has 0 aliphatic carbocycles. The van der Waals surface area contributed by atoms with Gasteiger partial charge in [-0.25, -0.2) is 0 Å². The zero-order valence-corrected chi connectivity index (χ0v) is 16.0. The summed E-state index contributed by atoms with van der Waals surface area (Å²) in [6.07, 6.45) is 2.16. The molecule has 1 atom stereocenters. The van der Waals surface area contributed by atoms with Gasteiger partial charge >= 0.3 is 0 Å². The Morgan fingerprint density at radius 1 is 1.26 bits per heavy atom. The Morgan fingerprint density at radius 3 is 2.93 bits per heavy atom. The second-order valence-electron chi connectivity index (χ2n) is 6.62. The first-order chi connectivity index (χ1) is 13.2. The maximum Gasteiger partial charge on any atom is 0.238 e. The first-order valence-corrected chi connectivity index (χ1v) is 9.95. The zero-order chi connectivity index (χ0) is 18.6. The van der Waals surface area contributed by atoms with Crippen molar-refractivity contribution in [3.05, 3.63) is 48.0 Å². The van der Waals surface area contributed by atoms with Crippen molar-refractivity contribution in [2.24, 2.45) is 0 Å². The Labute approximate surface area is 162 Å². The van der Waals surface area contributed by atoms with Gasteiger partial charge in [0.05, 0.1) is 30.6 Å².